The van der Waals surface area contributed by atoms with E-state index in [0.717, 1.165) is 4.90 Å². The first-order valence-corrected chi connectivity index (χ1v) is 10.2. The molecule has 24 heavy (non-hydrogen) atoms. The van der Waals surface area contributed by atoms with Gasteiger partial charge in [0.05, 0.1) is 11.1 Å². The lowest BCUT2D eigenvalue weighted by Gasteiger charge is -2.43. The van der Waals surface area contributed by atoms with Crippen molar-refractivity contribution < 1.29 is 38.9 Å². The smallest absolute Gasteiger partial charge is 0.261 e. The Morgan fingerprint density at radius 2 is 1.00 bits per heavy atom. The van der Waals surface area contributed by atoms with E-state index in [1.165, 1.54) is 7.05 Å². The molecule has 9 nitrogen and oxygen atoms in total. The summed E-state index contributed by atoms with van der Waals surface area (Å²) < 4.78 is 0. The lowest BCUT2D eigenvalue weighted by atomic mass is 10.1. The van der Waals surface area contributed by atoms with Crippen molar-refractivity contribution in [3.63, 3.8) is 0 Å². The van der Waals surface area contributed by atoms with Crippen molar-refractivity contribution >= 4 is 48.9 Å². The lowest BCUT2D eigenvalue weighted by molar-refractivity contribution is -0.413. The van der Waals surface area contributed by atoms with Gasteiger partial charge in [-0.2, -0.15) is 23.6 Å². The molecule has 0 spiro atoms. The van der Waals surface area contributed by atoms with Gasteiger partial charge in [-0.05, 0) is 12.1 Å². The van der Waals surface area contributed by atoms with Crippen LogP contribution in [0.3, 0.4) is 0 Å². The molecule has 0 unspecified atom stereocenters. The van der Waals surface area contributed by atoms with Gasteiger partial charge in [0.1, 0.15) is 0 Å². The van der Waals surface area contributed by atoms with E-state index >= 15 is 0 Å². The molecule has 0 bridgehead atoms. The minimum absolute atomic E-state index is 0. The molecular weight excluding hydrogens is 400 g/mol. The van der Waals surface area contributed by atoms with Crippen LogP contribution in [0, 0.1) is 0 Å². The number of rotatable bonds is 0. The van der Waals surface area contributed by atoms with Gasteiger partial charge in [-0.1, -0.05) is 27.0 Å². The summed E-state index contributed by atoms with van der Waals surface area (Å²) in [6.45, 7) is -9.11. The summed E-state index contributed by atoms with van der Waals surface area (Å²) in [6.07, 6.45) is 0. The van der Waals surface area contributed by atoms with E-state index in [1.807, 2.05) is 0 Å². The second kappa shape index (κ2) is 11.1. The number of fused-ring (bicyclic) bond motifs is 1. The molecule has 2 amide bonds. The van der Waals surface area contributed by atoms with Crippen LogP contribution in [-0.2, 0) is 23.6 Å². The fourth-order valence-corrected chi connectivity index (χ4v) is 1.31. The Labute approximate surface area is 150 Å². The molecule has 1 heterocycles. The van der Waals surface area contributed by atoms with Crippen LogP contribution in [0.1, 0.15) is 35.6 Å². The maximum absolute atomic E-state index is 11.3. The number of hydrogen-bond donors (Lipinski definition) is 0. The summed E-state index contributed by atoms with van der Waals surface area (Å²) >= 11 is 6.54. The zero-order chi connectivity index (χ0) is 17.7. The number of carbonyl (C=O) groups is 2. The molecule has 0 atom stereocenters. The monoisotopic (exact) mass is 415 g/mol. The fourth-order valence-electron chi connectivity index (χ4n) is 1.31. The largest absolute Gasteiger partial charge is 0.844 e. The Balaban J connectivity index is -0.000000316. The van der Waals surface area contributed by atoms with Gasteiger partial charge < -0.3 is 42.8 Å². The zero-order valence-corrected chi connectivity index (χ0v) is 14.2. The molecule has 1 aromatic carbocycles. The van der Waals surface area contributed by atoms with Crippen LogP contribution in [0.2, 0.25) is 0 Å². The molecular formula is C11H15NO8P2S2-6. The van der Waals surface area contributed by atoms with Crippen molar-refractivity contribution in [2.75, 3.05) is 7.05 Å². The van der Waals surface area contributed by atoms with Gasteiger partial charge in [0.2, 0.25) is 0 Å². The van der Waals surface area contributed by atoms with Gasteiger partial charge >= 0.3 is 0 Å². The first-order chi connectivity index (χ1) is 9.72. The summed E-state index contributed by atoms with van der Waals surface area (Å²) in [7, 11) is 1.49. The van der Waals surface area contributed by atoms with Crippen molar-refractivity contribution in [3.8, 4) is 0 Å². The van der Waals surface area contributed by atoms with Gasteiger partial charge in [0, 0.05) is 7.05 Å². The minimum atomic E-state index is -4.56. The van der Waals surface area contributed by atoms with Gasteiger partial charge in [-0.25, -0.2) is 0 Å². The highest BCUT2D eigenvalue weighted by Gasteiger charge is 2.31. The molecule has 0 aromatic heterocycles. The average Bonchev–Trinajstić information content (AvgIpc) is 2.51. The second-order valence-corrected chi connectivity index (χ2v) is 8.08. The highest BCUT2D eigenvalue weighted by Crippen LogP contribution is 2.20. The van der Waals surface area contributed by atoms with E-state index in [4.69, 9.17) is 29.4 Å². The number of nitrogens with zero attached hydrogens (tertiary/aromatic N) is 1. The first kappa shape index (κ1) is 28.2. The molecule has 13 heteroatoms. The first-order valence-electron chi connectivity index (χ1n) is 5.09. The molecule has 1 aliphatic heterocycles. The number of carbonyl (C=O) groups excluding carboxylic acids is 2. The van der Waals surface area contributed by atoms with Crippen LogP contribution in [0.4, 0.5) is 0 Å². The van der Waals surface area contributed by atoms with Crippen molar-refractivity contribution in [1.29, 1.82) is 0 Å². The fraction of sp³-hybridized carbons (Fsp3) is 0.273. The third-order valence-corrected chi connectivity index (χ3v) is 2.00. The predicted octanol–water partition coefficient (Wildman–Crippen LogP) is -3.23. The van der Waals surface area contributed by atoms with Crippen LogP contribution in [-0.4, -0.2) is 23.8 Å². The van der Waals surface area contributed by atoms with Crippen molar-refractivity contribution in [2.24, 2.45) is 0 Å². The minimum Gasteiger partial charge on any atom is -0.844 e. The molecule has 1 aliphatic rings. The number of amides is 2. The number of benzene rings is 1. The quantitative estimate of drug-likeness (QED) is 0.309. The Kier molecular flexibility index (Phi) is 13.1. The topological polar surface area (TPSA) is 176 Å². The van der Waals surface area contributed by atoms with Crippen molar-refractivity contribution in [1.82, 2.24) is 4.90 Å². The van der Waals surface area contributed by atoms with Crippen LogP contribution in [0.15, 0.2) is 24.3 Å². The lowest BCUT2D eigenvalue weighted by Crippen LogP contribution is -2.24. The van der Waals surface area contributed by atoms with Crippen LogP contribution >= 0.6 is 13.4 Å². The highest BCUT2D eigenvalue weighted by atomic mass is 32.5. The molecule has 0 radical (unpaired) electrons. The van der Waals surface area contributed by atoms with E-state index in [9.17, 15) is 9.59 Å². The third kappa shape index (κ3) is 12.8. The van der Waals surface area contributed by atoms with E-state index in [2.05, 4.69) is 23.6 Å². The summed E-state index contributed by atoms with van der Waals surface area (Å²) in [5.41, 5.74) is 1.01. The van der Waals surface area contributed by atoms with Crippen LogP contribution in [0.5, 0.6) is 0 Å². The Morgan fingerprint density at radius 3 is 1.21 bits per heavy atom. The average molecular weight is 415 g/mol. The molecule has 140 valence electrons. The number of hydrogen-bond acceptors (Lipinski definition) is 10. The summed E-state index contributed by atoms with van der Waals surface area (Å²) in [5.74, 6) is -0.425. The standard InChI is InChI=1S/C9H7NO2.2CH4.2H3O3PS/c1-10-8(11)6-4-2-3-5-7(6)9(10)12;;;2*1-4(2,3)5/h2-5H,1H3;2*1H4;2*(H3,1,2,3,5)/p-6. The Hall–Kier alpha value is -0.580. The maximum Gasteiger partial charge on any atom is 0.261 e. The van der Waals surface area contributed by atoms with Gasteiger partial charge in [0.15, 0.2) is 0 Å². The Morgan fingerprint density at radius 1 is 0.792 bits per heavy atom. The van der Waals surface area contributed by atoms with E-state index in [0.29, 0.717) is 11.1 Å². The SMILES string of the molecule is C.C.CN1C(=O)c2ccccc2C1=O.[O-]P([O-])([O-])=S.[O-]P([O-])([O-])=S. The predicted molar refractivity (Wildman–Crippen MR) is 84.9 cm³/mol. The maximum atomic E-state index is 11.3. The zero-order valence-electron chi connectivity index (χ0n) is 10.7. The normalized spacial score (nSPS) is 12.5. The third-order valence-electron chi connectivity index (χ3n) is 2.00. The molecule has 0 saturated heterocycles. The molecule has 0 N–H and O–H groups in total. The molecule has 1 aromatic rings. The van der Waals surface area contributed by atoms with Gasteiger partial charge in [-0.3, -0.25) is 14.5 Å². The molecule has 2 rings (SSSR count). The molecule has 0 saturated carbocycles. The van der Waals surface area contributed by atoms with Crippen molar-refractivity contribution in [2.45, 2.75) is 14.9 Å². The van der Waals surface area contributed by atoms with Crippen LogP contribution < -0.4 is 29.4 Å². The molecule has 0 aliphatic carbocycles. The van der Waals surface area contributed by atoms with Gasteiger partial charge in [-0.15, -0.1) is 0 Å². The van der Waals surface area contributed by atoms with Gasteiger partial charge in [0.25, 0.3) is 11.8 Å². The summed E-state index contributed by atoms with van der Waals surface area (Å²) in [6, 6.07) is 6.84. The Bertz CT molecular complexity index is 586. The number of imide groups is 1. The van der Waals surface area contributed by atoms with E-state index in [1.54, 1.807) is 24.3 Å². The van der Waals surface area contributed by atoms with E-state index < -0.39 is 13.4 Å². The van der Waals surface area contributed by atoms with Crippen molar-refractivity contribution in [3.05, 3.63) is 35.4 Å². The highest BCUT2D eigenvalue weighted by molar-refractivity contribution is 8.04. The summed E-state index contributed by atoms with van der Waals surface area (Å²) in [5, 5.41) is 0. The summed E-state index contributed by atoms with van der Waals surface area (Å²) in [4.78, 5) is 77.3. The van der Waals surface area contributed by atoms with E-state index in [-0.39, 0.29) is 26.7 Å². The van der Waals surface area contributed by atoms with Crippen LogP contribution in [0.25, 0.3) is 0 Å². The molecule has 0 fully saturated rings. The second-order valence-electron chi connectivity index (χ2n) is 3.61.